The Morgan fingerprint density at radius 3 is 2.07 bits per heavy atom. The molecular formula is C35H57O10P. The average Bonchev–Trinajstić information content (AvgIpc) is 3.23. The monoisotopic (exact) mass is 668 g/mol. The van der Waals surface area contributed by atoms with Gasteiger partial charge in [0.1, 0.15) is 23.2 Å². The van der Waals surface area contributed by atoms with Crippen molar-refractivity contribution in [3.63, 3.8) is 0 Å². The second kappa shape index (κ2) is 16.2. The summed E-state index contributed by atoms with van der Waals surface area (Å²) in [6.45, 7) is 16.1. The Balaban J connectivity index is 1.58. The van der Waals surface area contributed by atoms with E-state index in [1.807, 2.05) is 6.92 Å². The first kappa shape index (κ1) is 38.2. The van der Waals surface area contributed by atoms with Gasteiger partial charge in [-0.2, -0.15) is 0 Å². The van der Waals surface area contributed by atoms with Crippen LogP contribution in [0.2, 0.25) is 0 Å². The molecule has 2 aliphatic rings. The first-order valence-corrected chi connectivity index (χ1v) is 18.4. The van der Waals surface area contributed by atoms with Gasteiger partial charge in [-0.3, -0.25) is 9.42 Å². The number of aliphatic hydroxyl groups is 3. The average molecular weight is 669 g/mol. The van der Waals surface area contributed by atoms with E-state index in [9.17, 15) is 29.6 Å². The molecule has 3 rings (SSSR count). The molecule has 5 unspecified atom stereocenters. The molecular weight excluding hydrogens is 611 g/mol. The number of cyclic esters (lactones) is 1. The van der Waals surface area contributed by atoms with E-state index in [1.54, 1.807) is 13.8 Å². The zero-order valence-electron chi connectivity index (χ0n) is 29.1. The van der Waals surface area contributed by atoms with E-state index in [-0.39, 0.29) is 11.4 Å². The van der Waals surface area contributed by atoms with E-state index in [0.29, 0.717) is 23.5 Å². The van der Waals surface area contributed by atoms with Crippen molar-refractivity contribution in [3.05, 3.63) is 33.8 Å². The second-order valence-electron chi connectivity index (χ2n) is 14.4. The predicted octanol–water partition coefficient (Wildman–Crippen LogP) is 8.24. The number of phosphoric acid groups is 1. The molecule has 0 radical (unpaired) electrons. The van der Waals surface area contributed by atoms with E-state index < -0.39 is 44.1 Å². The quantitative estimate of drug-likeness (QED) is 0.0889. The predicted molar refractivity (Wildman–Crippen MR) is 177 cm³/mol. The Morgan fingerprint density at radius 2 is 1.52 bits per heavy atom. The lowest BCUT2D eigenvalue weighted by Crippen LogP contribution is -2.37. The maximum absolute atomic E-state index is 13.1. The van der Waals surface area contributed by atoms with Crippen molar-refractivity contribution in [2.24, 2.45) is 17.8 Å². The van der Waals surface area contributed by atoms with Crippen LogP contribution < -0.4 is 9.26 Å². The number of aliphatic hydroxyl groups excluding tert-OH is 3. The summed E-state index contributed by atoms with van der Waals surface area (Å²) >= 11 is 0. The Bertz CT molecular complexity index is 1290. The number of carbonyl (C=O) groups excluding carboxylic acids is 1. The van der Waals surface area contributed by atoms with Crippen molar-refractivity contribution in [2.75, 3.05) is 6.61 Å². The van der Waals surface area contributed by atoms with Crippen LogP contribution in [0, 0.1) is 38.5 Å². The SMILES string of the molecule is Cc1c(C)c2c(c(C)c1OP(=O)(O)OC(CO)[C@H]1OC(=O)C(O)=C1O)CCC(C)(CCCC(C)CCCC(C)CCCC(C)C)O2. The minimum atomic E-state index is -4.90. The maximum atomic E-state index is 13.1. The van der Waals surface area contributed by atoms with Crippen LogP contribution in [0.3, 0.4) is 0 Å². The molecule has 0 aliphatic carbocycles. The van der Waals surface area contributed by atoms with E-state index in [0.717, 1.165) is 48.0 Å². The molecule has 262 valence electrons. The summed E-state index contributed by atoms with van der Waals surface area (Å²) in [6.07, 6.45) is 9.27. The third-order valence-corrected chi connectivity index (χ3v) is 10.7. The van der Waals surface area contributed by atoms with Crippen molar-refractivity contribution in [2.45, 2.75) is 144 Å². The lowest BCUT2D eigenvalue weighted by Gasteiger charge is -2.38. The van der Waals surface area contributed by atoms with E-state index >= 15 is 0 Å². The summed E-state index contributed by atoms with van der Waals surface area (Å²) in [5, 5.41) is 29.2. The van der Waals surface area contributed by atoms with Gasteiger partial charge in [0.25, 0.3) is 0 Å². The molecule has 0 saturated heterocycles. The van der Waals surface area contributed by atoms with Crippen molar-refractivity contribution in [3.8, 4) is 11.5 Å². The normalized spacial score (nSPS) is 23.0. The van der Waals surface area contributed by atoms with Gasteiger partial charge in [0.05, 0.1) is 6.61 Å². The first-order chi connectivity index (χ1) is 21.5. The molecule has 0 saturated carbocycles. The fraction of sp³-hybridized carbons (Fsp3) is 0.743. The van der Waals surface area contributed by atoms with Gasteiger partial charge in [-0.15, -0.1) is 0 Å². The molecule has 2 aliphatic heterocycles. The van der Waals surface area contributed by atoms with Gasteiger partial charge in [-0.1, -0.05) is 72.6 Å². The van der Waals surface area contributed by atoms with Gasteiger partial charge in [0.15, 0.2) is 11.9 Å². The fourth-order valence-corrected chi connectivity index (χ4v) is 7.67. The van der Waals surface area contributed by atoms with Crippen molar-refractivity contribution in [1.82, 2.24) is 0 Å². The third-order valence-electron chi connectivity index (χ3n) is 9.77. The zero-order chi connectivity index (χ0) is 34.4. The molecule has 0 amide bonds. The third kappa shape index (κ3) is 9.88. The van der Waals surface area contributed by atoms with Crippen molar-refractivity contribution >= 4 is 13.8 Å². The molecule has 0 bridgehead atoms. The molecule has 0 spiro atoms. The van der Waals surface area contributed by atoms with Gasteiger partial charge in [-0.25, -0.2) is 9.36 Å². The molecule has 0 aromatic heterocycles. The number of hydrogen-bond donors (Lipinski definition) is 4. The largest absolute Gasteiger partial charge is 0.527 e. The first-order valence-electron chi connectivity index (χ1n) is 16.9. The molecule has 4 N–H and O–H groups in total. The number of phosphoric ester groups is 1. The van der Waals surface area contributed by atoms with Crippen LogP contribution in [0.1, 0.15) is 121 Å². The molecule has 2 heterocycles. The van der Waals surface area contributed by atoms with Crippen molar-refractivity contribution in [1.29, 1.82) is 0 Å². The second-order valence-corrected chi connectivity index (χ2v) is 15.7. The number of hydrogen-bond acceptors (Lipinski definition) is 9. The standard InChI is InChI=1S/C35H57O10P/c1-21(2)12-9-13-22(3)14-10-15-23(4)16-11-18-35(8)19-17-27-26(7)31(24(5)25(6)32(27)43-35)45-46(40,41)44-28(20-36)33-29(37)30(38)34(39)42-33/h21-23,28,33,36-38H,9-20H2,1-8H3,(H,40,41)/t22?,23?,28?,33-,35?/m1/s1. The maximum Gasteiger partial charge on any atom is 0.527 e. The smallest absolute Gasteiger partial charge is 0.505 e. The molecule has 46 heavy (non-hydrogen) atoms. The van der Waals surface area contributed by atoms with E-state index in [4.69, 9.17) is 18.5 Å². The van der Waals surface area contributed by atoms with Crippen LogP contribution in [0.5, 0.6) is 11.5 Å². The summed E-state index contributed by atoms with van der Waals surface area (Å²) in [5.74, 6) is 0.0443. The van der Waals surface area contributed by atoms with Crippen LogP contribution in [0.4, 0.5) is 0 Å². The number of benzene rings is 1. The summed E-state index contributed by atoms with van der Waals surface area (Å²) < 4.78 is 35.2. The van der Waals surface area contributed by atoms with Crippen LogP contribution in [-0.2, 0) is 25.0 Å². The fourth-order valence-electron chi connectivity index (χ4n) is 6.61. The molecule has 1 aromatic carbocycles. The molecule has 6 atom stereocenters. The van der Waals surface area contributed by atoms with Crippen LogP contribution in [0.25, 0.3) is 0 Å². The number of carbonyl (C=O) groups is 1. The van der Waals surface area contributed by atoms with Crippen LogP contribution in [0.15, 0.2) is 11.5 Å². The summed E-state index contributed by atoms with van der Waals surface area (Å²) in [4.78, 5) is 22.2. The Labute approximate surface area is 275 Å². The van der Waals surface area contributed by atoms with E-state index in [2.05, 4.69) is 34.6 Å². The lowest BCUT2D eigenvalue weighted by molar-refractivity contribution is -0.147. The van der Waals surface area contributed by atoms with Gasteiger partial charge < -0.3 is 29.3 Å². The highest BCUT2D eigenvalue weighted by Gasteiger charge is 2.44. The molecule has 11 heteroatoms. The Kier molecular flexibility index (Phi) is 13.5. The summed E-state index contributed by atoms with van der Waals surface area (Å²) in [5.41, 5.74) is 2.65. The highest BCUT2D eigenvalue weighted by molar-refractivity contribution is 7.47. The minimum absolute atomic E-state index is 0.167. The number of esters is 1. The van der Waals surface area contributed by atoms with Crippen molar-refractivity contribution < 1.29 is 48.1 Å². The molecule has 0 fully saturated rings. The topological polar surface area (TPSA) is 152 Å². The molecule has 1 aromatic rings. The number of ether oxygens (including phenoxy) is 2. The van der Waals surface area contributed by atoms with Crippen LogP contribution in [-0.4, -0.2) is 50.6 Å². The highest BCUT2D eigenvalue weighted by atomic mass is 31.2. The summed E-state index contributed by atoms with van der Waals surface area (Å²) in [7, 11) is -4.90. The highest BCUT2D eigenvalue weighted by Crippen LogP contribution is 2.52. The zero-order valence-corrected chi connectivity index (χ0v) is 30.0. The Morgan fingerprint density at radius 1 is 0.935 bits per heavy atom. The van der Waals surface area contributed by atoms with Gasteiger partial charge in [0.2, 0.25) is 5.76 Å². The lowest BCUT2D eigenvalue weighted by atomic mass is 9.84. The molecule has 10 nitrogen and oxygen atoms in total. The van der Waals surface area contributed by atoms with Gasteiger partial charge in [-0.05, 0) is 87.8 Å². The summed E-state index contributed by atoms with van der Waals surface area (Å²) in [6, 6.07) is 0. The number of fused-ring (bicyclic) bond motifs is 1. The minimum Gasteiger partial charge on any atom is -0.505 e. The van der Waals surface area contributed by atoms with Gasteiger partial charge in [0, 0.05) is 5.56 Å². The Hall–Kier alpha value is -2.26. The number of rotatable bonds is 18. The van der Waals surface area contributed by atoms with Crippen LogP contribution >= 0.6 is 7.82 Å². The van der Waals surface area contributed by atoms with E-state index in [1.165, 1.54) is 44.9 Å². The van der Waals surface area contributed by atoms with Gasteiger partial charge >= 0.3 is 13.8 Å².